The number of hydrogen-bond acceptors (Lipinski definition) is 3. The summed E-state index contributed by atoms with van der Waals surface area (Å²) in [4.78, 5) is 2.18. The summed E-state index contributed by atoms with van der Waals surface area (Å²) in [6, 6.07) is 18.5. The van der Waals surface area contributed by atoms with Crippen molar-refractivity contribution in [2.24, 2.45) is 0 Å². The highest BCUT2D eigenvalue weighted by Gasteiger charge is 2.38. The molecule has 0 aliphatic heterocycles. The maximum atomic E-state index is 11.3. The van der Waals surface area contributed by atoms with Crippen molar-refractivity contribution in [1.82, 2.24) is 4.90 Å². The molecule has 2 aromatic rings. The van der Waals surface area contributed by atoms with Gasteiger partial charge in [-0.1, -0.05) is 61.7 Å². The molecular formula is C23H31NO2. The standard InChI is InChI=1S/C23H31NO2/c1-24(2)17-22(23(25)15-7-4-8-16-23)20-11-13-21(14-12-20)26-18-19-9-5-3-6-10-19/h3,5-6,9-14,22,25H,4,7-8,15-18H2,1-2H3/t22-/m0/s1. The van der Waals surface area contributed by atoms with Crippen LogP contribution in [0.4, 0.5) is 0 Å². The lowest BCUT2D eigenvalue weighted by molar-refractivity contribution is -0.0277. The van der Waals surface area contributed by atoms with Crippen LogP contribution < -0.4 is 4.74 Å². The molecule has 3 rings (SSSR count). The van der Waals surface area contributed by atoms with Crippen LogP contribution in [0.15, 0.2) is 54.6 Å². The molecule has 1 aliphatic carbocycles. The molecule has 1 aliphatic rings. The van der Waals surface area contributed by atoms with E-state index in [9.17, 15) is 5.11 Å². The second kappa shape index (κ2) is 8.70. The van der Waals surface area contributed by atoms with Crippen LogP contribution in [0.2, 0.25) is 0 Å². The van der Waals surface area contributed by atoms with Crippen molar-refractivity contribution in [3.63, 3.8) is 0 Å². The van der Waals surface area contributed by atoms with Crippen molar-refractivity contribution in [2.45, 2.75) is 50.2 Å². The normalized spacial score (nSPS) is 17.8. The first-order chi connectivity index (χ1) is 12.6. The van der Waals surface area contributed by atoms with Crippen molar-refractivity contribution >= 4 is 0 Å². The van der Waals surface area contributed by atoms with Gasteiger partial charge in [-0.3, -0.25) is 0 Å². The summed E-state index contributed by atoms with van der Waals surface area (Å²) in [5.41, 5.74) is 1.78. The van der Waals surface area contributed by atoms with Gasteiger partial charge in [-0.25, -0.2) is 0 Å². The van der Waals surface area contributed by atoms with Crippen molar-refractivity contribution in [2.75, 3.05) is 20.6 Å². The van der Waals surface area contributed by atoms with Crippen LogP contribution in [0.25, 0.3) is 0 Å². The van der Waals surface area contributed by atoms with Crippen LogP contribution in [0.3, 0.4) is 0 Å². The van der Waals surface area contributed by atoms with Crippen LogP contribution in [0.1, 0.15) is 49.1 Å². The SMILES string of the molecule is CN(C)C[C@@H](c1ccc(OCc2ccccc2)cc1)C1(O)CCCCC1. The summed E-state index contributed by atoms with van der Waals surface area (Å²) in [5.74, 6) is 1.01. The van der Waals surface area contributed by atoms with Crippen molar-refractivity contribution in [3.05, 3.63) is 65.7 Å². The molecule has 140 valence electrons. The summed E-state index contributed by atoms with van der Waals surface area (Å²) in [6.07, 6.45) is 5.29. The highest BCUT2D eigenvalue weighted by molar-refractivity contribution is 5.32. The van der Waals surface area contributed by atoms with E-state index in [1.54, 1.807) is 0 Å². The molecule has 0 amide bonds. The van der Waals surface area contributed by atoms with Crippen molar-refractivity contribution in [3.8, 4) is 5.75 Å². The smallest absolute Gasteiger partial charge is 0.119 e. The van der Waals surface area contributed by atoms with E-state index in [0.29, 0.717) is 6.61 Å². The van der Waals surface area contributed by atoms with E-state index >= 15 is 0 Å². The Morgan fingerprint density at radius 3 is 2.23 bits per heavy atom. The van der Waals surface area contributed by atoms with E-state index in [2.05, 4.69) is 43.3 Å². The number of ether oxygens (including phenoxy) is 1. The molecule has 3 nitrogen and oxygen atoms in total. The predicted molar refractivity (Wildman–Crippen MR) is 107 cm³/mol. The highest BCUT2D eigenvalue weighted by Crippen LogP contribution is 2.40. The van der Waals surface area contributed by atoms with Gasteiger partial charge in [0.2, 0.25) is 0 Å². The first-order valence-electron chi connectivity index (χ1n) is 9.71. The molecule has 0 saturated heterocycles. The average molecular weight is 354 g/mol. The first-order valence-corrected chi connectivity index (χ1v) is 9.71. The number of hydrogen-bond donors (Lipinski definition) is 1. The van der Waals surface area contributed by atoms with Crippen LogP contribution >= 0.6 is 0 Å². The highest BCUT2D eigenvalue weighted by atomic mass is 16.5. The fourth-order valence-corrected chi connectivity index (χ4v) is 4.00. The summed E-state index contributed by atoms with van der Waals surface area (Å²) >= 11 is 0. The van der Waals surface area contributed by atoms with Crippen molar-refractivity contribution < 1.29 is 9.84 Å². The van der Waals surface area contributed by atoms with E-state index in [0.717, 1.165) is 38.0 Å². The summed E-state index contributed by atoms with van der Waals surface area (Å²) in [6.45, 7) is 1.44. The molecule has 0 aromatic heterocycles. The molecule has 1 fully saturated rings. The Labute approximate surface area is 157 Å². The molecular weight excluding hydrogens is 322 g/mol. The number of aliphatic hydroxyl groups is 1. The molecule has 0 radical (unpaired) electrons. The Kier molecular flexibility index (Phi) is 6.33. The van der Waals surface area contributed by atoms with Gasteiger partial charge in [-0.2, -0.15) is 0 Å². The molecule has 0 unspecified atom stereocenters. The fourth-order valence-electron chi connectivity index (χ4n) is 4.00. The maximum absolute atomic E-state index is 11.3. The van der Waals surface area contributed by atoms with Gasteiger partial charge in [-0.15, -0.1) is 0 Å². The molecule has 1 atom stereocenters. The Hall–Kier alpha value is -1.84. The molecule has 0 heterocycles. The van der Waals surface area contributed by atoms with E-state index in [1.165, 1.54) is 17.5 Å². The Morgan fingerprint density at radius 2 is 1.62 bits per heavy atom. The van der Waals surface area contributed by atoms with Crippen LogP contribution in [-0.4, -0.2) is 36.2 Å². The number of nitrogens with zero attached hydrogens (tertiary/aromatic N) is 1. The van der Waals surface area contributed by atoms with Crippen LogP contribution in [-0.2, 0) is 6.61 Å². The third-order valence-electron chi connectivity index (χ3n) is 5.45. The molecule has 1 N–H and O–H groups in total. The zero-order chi connectivity index (χ0) is 18.4. The number of rotatable bonds is 7. The summed E-state index contributed by atoms with van der Waals surface area (Å²) in [5, 5.41) is 11.3. The van der Waals surface area contributed by atoms with Gasteiger partial charge in [0, 0.05) is 12.5 Å². The quantitative estimate of drug-likeness (QED) is 0.789. The fraction of sp³-hybridized carbons (Fsp3) is 0.478. The predicted octanol–water partition coefficient (Wildman–Crippen LogP) is 4.61. The van der Waals surface area contributed by atoms with Gasteiger partial charge in [-0.05, 0) is 50.2 Å². The largest absolute Gasteiger partial charge is 0.489 e. The Morgan fingerprint density at radius 1 is 0.962 bits per heavy atom. The van der Waals surface area contributed by atoms with Crippen LogP contribution in [0, 0.1) is 0 Å². The average Bonchev–Trinajstić information content (AvgIpc) is 2.66. The molecule has 0 spiro atoms. The Bertz CT molecular complexity index is 660. The summed E-state index contributed by atoms with van der Waals surface area (Å²) < 4.78 is 5.91. The lowest BCUT2D eigenvalue weighted by Crippen LogP contribution is -2.42. The van der Waals surface area contributed by atoms with Crippen molar-refractivity contribution in [1.29, 1.82) is 0 Å². The third-order valence-corrected chi connectivity index (χ3v) is 5.45. The Balaban J connectivity index is 1.71. The zero-order valence-corrected chi connectivity index (χ0v) is 16.0. The van der Waals surface area contributed by atoms with Gasteiger partial charge >= 0.3 is 0 Å². The minimum atomic E-state index is -0.588. The maximum Gasteiger partial charge on any atom is 0.119 e. The monoisotopic (exact) mass is 353 g/mol. The lowest BCUT2D eigenvalue weighted by Gasteiger charge is -2.40. The number of likely N-dealkylation sites (N-methyl/N-ethyl adjacent to an activating group) is 1. The molecule has 0 bridgehead atoms. The molecule has 3 heteroatoms. The third kappa shape index (κ3) is 4.87. The van der Waals surface area contributed by atoms with E-state index < -0.39 is 5.60 Å². The second-order valence-corrected chi connectivity index (χ2v) is 7.82. The topological polar surface area (TPSA) is 32.7 Å². The number of benzene rings is 2. The molecule has 2 aromatic carbocycles. The lowest BCUT2D eigenvalue weighted by atomic mass is 9.72. The van der Waals surface area contributed by atoms with Gasteiger partial charge in [0.15, 0.2) is 0 Å². The zero-order valence-electron chi connectivity index (χ0n) is 16.0. The van der Waals surface area contributed by atoms with E-state index in [-0.39, 0.29) is 5.92 Å². The van der Waals surface area contributed by atoms with Gasteiger partial charge in [0.1, 0.15) is 12.4 Å². The van der Waals surface area contributed by atoms with Gasteiger partial charge in [0.25, 0.3) is 0 Å². The molecule has 1 saturated carbocycles. The second-order valence-electron chi connectivity index (χ2n) is 7.82. The van der Waals surface area contributed by atoms with Gasteiger partial charge in [0.05, 0.1) is 5.60 Å². The van der Waals surface area contributed by atoms with Gasteiger partial charge < -0.3 is 14.7 Å². The van der Waals surface area contributed by atoms with E-state index in [1.807, 2.05) is 30.3 Å². The molecule has 26 heavy (non-hydrogen) atoms. The van der Waals surface area contributed by atoms with Crippen LogP contribution in [0.5, 0.6) is 5.75 Å². The first kappa shape index (κ1) is 18.9. The minimum absolute atomic E-state index is 0.140. The summed E-state index contributed by atoms with van der Waals surface area (Å²) in [7, 11) is 4.16. The minimum Gasteiger partial charge on any atom is -0.489 e. The van der Waals surface area contributed by atoms with E-state index in [4.69, 9.17) is 4.74 Å².